The fraction of sp³-hybridized carbons (Fsp3) is 0.455. The number of carbonyl (C=O) groups excluding carboxylic acids is 2. The molecule has 1 aliphatic rings. The molecule has 0 bridgehead atoms. The van der Waals surface area contributed by atoms with E-state index in [0.717, 1.165) is 12.1 Å². The van der Waals surface area contributed by atoms with Crippen molar-refractivity contribution in [3.63, 3.8) is 0 Å². The van der Waals surface area contributed by atoms with Crippen LogP contribution in [0.1, 0.15) is 63.2 Å². The highest BCUT2D eigenvalue weighted by Crippen LogP contribution is 2.42. The lowest BCUT2D eigenvalue weighted by molar-refractivity contribution is 0.00218. The van der Waals surface area contributed by atoms with Crippen LogP contribution in [0.3, 0.4) is 0 Å². The molecule has 9 nitrogen and oxygen atoms in total. The van der Waals surface area contributed by atoms with Crippen molar-refractivity contribution in [3.8, 4) is 0 Å². The van der Waals surface area contributed by atoms with Crippen LogP contribution >= 0.6 is 0 Å². The normalized spacial score (nSPS) is 15.8. The molecule has 0 radical (unpaired) electrons. The highest BCUT2D eigenvalue weighted by atomic mass is 19.1. The number of nitrogens with zero attached hydrogens (tertiary/aromatic N) is 3. The van der Waals surface area contributed by atoms with Crippen LogP contribution in [0.5, 0.6) is 0 Å². The number of hydrogen-bond acceptors (Lipinski definition) is 5. The van der Waals surface area contributed by atoms with Gasteiger partial charge in [0, 0.05) is 11.1 Å². The average molecular weight is 446 g/mol. The molecule has 2 amide bonds. The van der Waals surface area contributed by atoms with Gasteiger partial charge in [-0.05, 0) is 50.5 Å². The van der Waals surface area contributed by atoms with E-state index in [1.807, 2.05) is 20.8 Å². The van der Waals surface area contributed by atoms with Crippen LogP contribution in [0.4, 0.5) is 19.8 Å². The van der Waals surface area contributed by atoms with Gasteiger partial charge < -0.3 is 15.2 Å². The van der Waals surface area contributed by atoms with E-state index in [2.05, 4.69) is 10.4 Å². The summed E-state index contributed by atoms with van der Waals surface area (Å²) in [6.07, 6.45) is -2.32. The number of carbonyl (C=O) groups is 3. The Labute approximate surface area is 185 Å². The van der Waals surface area contributed by atoms with Gasteiger partial charge in [-0.1, -0.05) is 20.8 Å². The Balaban J connectivity index is 1.93. The predicted molar refractivity (Wildman–Crippen MR) is 114 cm³/mol. The summed E-state index contributed by atoms with van der Waals surface area (Å²) in [6.45, 7) is 11.1. The lowest BCUT2D eigenvalue weighted by atomic mass is 9.90. The number of halogens is 1. The Kier molecular flexibility index (Phi) is 5.75. The quantitative estimate of drug-likeness (QED) is 0.721. The van der Waals surface area contributed by atoms with Crippen LogP contribution in [0.15, 0.2) is 24.3 Å². The second-order valence-corrected chi connectivity index (χ2v) is 9.37. The summed E-state index contributed by atoms with van der Waals surface area (Å²) < 4.78 is 19.5. The van der Waals surface area contributed by atoms with Gasteiger partial charge in [-0.15, -0.1) is 4.68 Å². The molecule has 172 valence electrons. The number of fused-ring (bicyclic) bond motifs is 1. The van der Waals surface area contributed by atoms with E-state index in [0.29, 0.717) is 15.9 Å². The van der Waals surface area contributed by atoms with Gasteiger partial charge in [0.15, 0.2) is 0 Å². The van der Waals surface area contributed by atoms with E-state index >= 15 is 0 Å². The summed E-state index contributed by atoms with van der Waals surface area (Å²) in [5.41, 5.74) is -0.352. The van der Waals surface area contributed by atoms with Crippen molar-refractivity contribution in [1.29, 1.82) is 0 Å². The van der Waals surface area contributed by atoms with Crippen LogP contribution in [0.25, 0.3) is 0 Å². The van der Waals surface area contributed by atoms with E-state index in [1.54, 1.807) is 20.8 Å². The van der Waals surface area contributed by atoms with Crippen molar-refractivity contribution in [1.82, 2.24) is 14.7 Å². The second-order valence-electron chi connectivity index (χ2n) is 9.37. The molecule has 1 aliphatic heterocycles. The van der Waals surface area contributed by atoms with Crippen LogP contribution < -0.4 is 5.32 Å². The molecule has 0 spiro atoms. The Morgan fingerprint density at radius 3 is 2.34 bits per heavy atom. The number of anilines is 1. The number of benzene rings is 1. The monoisotopic (exact) mass is 446 g/mol. The van der Waals surface area contributed by atoms with Crippen LogP contribution in [-0.2, 0) is 16.8 Å². The molecule has 32 heavy (non-hydrogen) atoms. The van der Waals surface area contributed by atoms with Gasteiger partial charge in [-0.2, -0.15) is 5.10 Å². The van der Waals surface area contributed by atoms with E-state index in [1.165, 1.54) is 17.0 Å². The molecular formula is C22H27FN4O5. The Bertz CT molecular complexity index is 1070. The van der Waals surface area contributed by atoms with Crippen molar-refractivity contribution < 1.29 is 28.6 Å². The molecule has 1 atom stereocenters. The fourth-order valence-corrected chi connectivity index (χ4v) is 3.31. The largest absolute Gasteiger partial charge is 0.463 e. The highest BCUT2D eigenvalue weighted by molar-refractivity contribution is 6.05. The third kappa shape index (κ3) is 4.17. The van der Waals surface area contributed by atoms with Gasteiger partial charge >= 0.3 is 12.2 Å². The summed E-state index contributed by atoms with van der Waals surface area (Å²) in [6, 6.07) is 4.83. The van der Waals surface area contributed by atoms with Crippen molar-refractivity contribution in [2.24, 2.45) is 5.41 Å². The van der Waals surface area contributed by atoms with Gasteiger partial charge in [0.2, 0.25) is 0 Å². The van der Waals surface area contributed by atoms with Gasteiger partial charge in [0.25, 0.3) is 5.91 Å². The minimum Gasteiger partial charge on any atom is -0.463 e. The molecule has 0 saturated heterocycles. The first-order chi connectivity index (χ1) is 14.7. The molecule has 10 heteroatoms. The Morgan fingerprint density at radius 1 is 1.22 bits per heavy atom. The molecule has 1 aromatic heterocycles. The zero-order valence-electron chi connectivity index (χ0n) is 18.9. The van der Waals surface area contributed by atoms with Crippen molar-refractivity contribution >= 4 is 23.9 Å². The molecule has 1 unspecified atom stereocenters. The maximum Gasteiger partial charge on any atom is 0.434 e. The minimum absolute atomic E-state index is 0.00431. The molecule has 0 saturated carbocycles. The van der Waals surface area contributed by atoms with Crippen LogP contribution in [-0.4, -0.2) is 44.0 Å². The minimum atomic E-state index is -1.39. The molecular weight excluding hydrogens is 419 g/mol. The van der Waals surface area contributed by atoms with E-state index in [9.17, 15) is 23.9 Å². The lowest BCUT2D eigenvalue weighted by Crippen LogP contribution is -2.44. The first kappa shape index (κ1) is 23.2. The molecule has 0 fully saturated rings. The molecule has 2 aromatic rings. The van der Waals surface area contributed by atoms with Gasteiger partial charge in [0.05, 0.1) is 17.8 Å². The van der Waals surface area contributed by atoms with E-state index in [-0.39, 0.29) is 29.4 Å². The zero-order chi connectivity index (χ0) is 24.0. The maximum atomic E-state index is 13.2. The van der Waals surface area contributed by atoms with Crippen LogP contribution in [0.2, 0.25) is 0 Å². The topological polar surface area (TPSA) is 114 Å². The standard InChI is InChI=1S/C22H27FN4O5/c1-12(21(2,3)4)32-20(31)26-11-15-16(22(26,5)6)25-27(19(29)30)17(15)24-18(28)13-7-9-14(23)10-8-13/h7-10,12H,11H2,1-6H3,(H,24,28)(H,29,30). The number of carboxylic acid groups (broad SMARTS) is 1. The number of ether oxygens (including phenoxy) is 1. The van der Waals surface area contributed by atoms with E-state index in [4.69, 9.17) is 4.74 Å². The molecule has 2 N–H and O–H groups in total. The SMILES string of the molecule is CC(OC(=O)N1Cc2c(nn(C(=O)O)c2NC(=O)c2ccc(F)cc2)C1(C)C)C(C)(C)C. The Morgan fingerprint density at radius 2 is 1.81 bits per heavy atom. The number of amides is 2. The highest BCUT2D eigenvalue weighted by Gasteiger charge is 2.47. The van der Waals surface area contributed by atoms with Crippen molar-refractivity contribution in [2.45, 2.75) is 59.7 Å². The summed E-state index contributed by atoms with van der Waals surface area (Å²) in [7, 11) is 0. The summed E-state index contributed by atoms with van der Waals surface area (Å²) in [5, 5.41) is 16.3. The zero-order valence-corrected chi connectivity index (χ0v) is 18.9. The summed E-state index contributed by atoms with van der Waals surface area (Å²) in [4.78, 5) is 38.8. The molecule has 2 heterocycles. The summed E-state index contributed by atoms with van der Waals surface area (Å²) in [5.74, 6) is -1.19. The first-order valence-electron chi connectivity index (χ1n) is 10.1. The summed E-state index contributed by atoms with van der Waals surface area (Å²) >= 11 is 0. The second kappa shape index (κ2) is 7.92. The third-order valence-corrected chi connectivity index (χ3v) is 5.79. The fourth-order valence-electron chi connectivity index (χ4n) is 3.31. The number of rotatable bonds is 3. The van der Waals surface area contributed by atoms with Gasteiger partial charge in [0.1, 0.15) is 17.7 Å². The first-order valence-corrected chi connectivity index (χ1v) is 10.1. The van der Waals surface area contributed by atoms with E-state index < -0.39 is 29.4 Å². The average Bonchev–Trinajstić information content (AvgIpc) is 3.16. The number of nitrogens with one attached hydrogen (secondary N) is 1. The predicted octanol–water partition coefficient (Wildman–Crippen LogP) is 4.42. The smallest absolute Gasteiger partial charge is 0.434 e. The Hall–Kier alpha value is -3.43. The van der Waals surface area contributed by atoms with Crippen molar-refractivity contribution in [3.05, 3.63) is 46.9 Å². The molecule has 0 aliphatic carbocycles. The third-order valence-electron chi connectivity index (χ3n) is 5.79. The lowest BCUT2D eigenvalue weighted by Gasteiger charge is -2.34. The van der Waals surface area contributed by atoms with Crippen molar-refractivity contribution in [2.75, 3.05) is 5.32 Å². The molecule has 3 rings (SSSR count). The maximum absolute atomic E-state index is 13.2. The number of hydrogen-bond donors (Lipinski definition) is 2. The van der Waals surface area contributed by atoms with Gasteiger partial charge in [-0.25, -0.2) is 14.0 Å². The van der Waals surface area contributed by atoms with Crippen LogP contribution in [0, 0.1) is 11.2 Å². The number of aromatic nitrogens is 2. The molecule has 1 aromatic carbocycles. The van der Waals surface area contributed by atoms with Gasteiger partial charge in [-0.3, -0.25) is 9.69 Å².